The van der Waals surface area contributed by atoms with Gasteiger partial charge in [0.25, 0.3) is 0 Å². The molecule has 1 aromatic heterocycles. The van der Waals surface area contributed by atoms with Crippen molar-refractivity contribution in [3.05, 3.63) is 12.4 Å². The predicted molar refractivity (Wildman–Crippen MR) is 78.1 cm³/mol. The number of carboxylic acids is 1. The average molecular weight is 294 g/mol. The number of carbonyl (C=O) groups is 2. The van der Waals surface area contributed by atoms with Gasteiger partial charge in [0.2, 0.25) is 0 Å². The van der Waals surface area contributed by atoms with Gasteiger partial charge in [-0.2, -0.15) is 5.10 Å². The molecule has 0 atom stereocenters. The van der Waals surface area contributed by atoms with Crippen LogP contribution in [0.2, 0.25) is 0 Å². The first kappa shape index (κ1) is 15.3. The molecule has 0 aromatic carbocycles. The van der Waals surface area contributed by atoms with Crippen LogP contribution in [-0.4, -0.2) is 32.4 Å². The largest absolute Gasteiger partial charge is 0.480 e. The smallest absolute Gasteiger partial charge is 0.329 e. The molecule has 1 saturated carbocycles. The molecule has 7 nitrogen and oxygen atoms in total. The number of aryl methyl sites for hydroxylation is 1. The van der Waals surface area contributed by atoms with E-state index in [4.69, 9.17) is 0 Å². The normalized spacial score (nSPS) is 25.3. The fourth-order valence-electron chi connectivity index (χ4n) is 2.63. The molecule has 3 N–H and O–H groups in total. The van der Waals surface area contributed by atoms with E-state index in [2.05, 4.69) is 22.7 Å². The molecule has 0 saturated heterocycles. The lowest BCUT2D eigenvalue weighted by molar-refractivity contribution is -0.146. The molecule has 21 heavy (non-hydrogen) atoms. The molecule has 1 aromatic rings. The van der Waals surface area contributed by atoms with E-state index in [1.807, 2.05) is 6.92 Å². The molecular weight excluding hydrogens is 272 g/mol. The number of carbonyl (C=O) groups excluding carboxylic acids is 1. The van der Waals surface area contributed by atoms with Crippen molar-refractivity contribution in [2.75, 3.05) is 5.32 Å². The van der Waals surface area contributed by atoms with Crippen molar-refractivity contribution in [1.82, 2.24) is 15.1 Å². The van der Waals surface area contributed by atoms with E-state index in [0.29, 0.717) is 31.0 Å². The van der Waals surface area contributed by atoms with E-state index >= 15 is 0 Å². The van der Waals surface area contributed by atoms with E-state index in [1.165, 1.54) is 0 Å². The van der Waals surface area contributed by atoms with Gasteiger partial charge in [-0.1, -0.05) is 6.92 Å². The number of amides is 2. The summed E-state index contributed by atoms with van der Waals surface area (Å²) in [4.78, 5) is 23.6. The Balaban J connectivity index is 2.00. The second-order valence-corrected chi connectivity index (χ2v) is 5.73. The first-order chi connectivity index (χ1) is 9.95. The van der Waals surface area contributed by atoms with Crippen LogP contribution in [0.5, 0.6) is 0 Å². The highest BCUT2D eigenvalue weighted by Crippen LogP contribution is 2.32. The Labute approximate surface area is 123 Å². The number of nitrogens with one attached hydrogen (secondary N) is 2. The summed E-state index contributed by atoms with van der Waals surface area (Å²) in [5.41, 5.74) is -0.601. The van der Waals surface area contributed by atoms with Gasteiger partial charge < -0.3 is 15.7 Å². The van der Waals surface area contributed by atoms with Gasteiger partial charge >= 0.3 is 12.0 Å². The molecule has 2 rings (SSSR count). The van der Waals surface area contributed by atoms with Gasteiger partial charge in [-0.15, -0.1) is 0 Å². The van der Waals surface area contributed by atoms with Crippen molar-refractivity contribution in [2.45, 2.75) is 51.6 Å². The molecule has 1 aliphatic rings. The Morgan fingerprint density at radius 1 is 1.48 bits per heavy atom. The molecule has 1 fully saturated rings. The van der Waals surface area contributed by atoms with Crippen molar-refractivity contribution in [1.29, 1.82) is 0 Å². The van der Waals surface area contributed by atoms with Crippen LogP contribution in [0.25, 0.3) is 0 Å². The van der Waals surface area contributed by atoms with Gasteiger partial charge in [0, 0.05) is 12.7 Å². The number of hydrogen-bond acceptors (Lipinski definition) is 3. The van der Waals surface area contributed by atoms with E-state index < -0.39 is 17.5 Å². The lowest BCUT2D eigenvalue weighted by atomic mass is 9.77. The lowest BCUT2D eigenvalue weighted by Gasteiger charge is -2.36. The zero-order valence-electron chi connectivity index (χ0n) is 12.4. The first-order valence-electron chi connectivity index (χ1n) is 7.30. The molecule has 0 unspecified atom stereocenters. The zero-order valence-corrected chi connectivity index (χ0v) is 12.4. The van der Waals surface area contributed by atoms with Gasteiger partial charge in [-0.3, -0.25) is 4.68 Å². The number of rotatable bonds is 4. The summed E-state index contributed by atoms with van der Waals surface area (Å²) in [7, 11) is 0. The van der Waals surface area contributed by atoms with E-state index in [1.54, 1.807) is 17.1 Å². The third-order valence-corrected chi connectivity index (χ3v) is 4.11. The third kappa shape index (κ3) is 3.53. The number of hydrogen-bond donors (Lipinski definition) is 3. The van der Waals surface area contributed by atoms with Crippen LogP contribution in [0.1, 0.15) is 39.5 Å². The molecule has 1 heterocycles. The van der Waals surface area contributed by atoms with Crippen molar-refractivity contribution >= 4 is 17.7 Å². The minimum absolute atomic E-state index is 0.463. The molecule has 2 amide bonds. The molecule has 0 aliphatic heterocycles. The van der Waals surface area contributed by atoms with E-state index in [-0.39, 0.29) is 0 Å². The summed E-state index contributed by atoms with van der Waals surface area (Å²) < 4.78 is 1.69. The quantitative estimate of drug-likeness (QED) is 0.792. The lowest BCUT2D eigenvalue weighted by Crippen LogP contribution is -2.57. The van der Waals surface area contributed by atoms with E-state index in [9.17, 15) is 14.7 Å². The summed E-state index contributed by atoms with van der Waals surface area (Å²) in [6.45, 7) is 4.75. The number of aliphatic carboxylic acids is 1. The Bertz CT molecular complexity index is 518. The predicted octanol–water partition coefficient (Wildman–Crippen LogP) is 2.06. The maximum absolute atomic E-state index is 12.0. The van der Waals surface area contributed by atoms with Gasteiger partial charge in [0.15, 0.2) is 0 Å². The number of anilines is 1. The molecule has 7 heteroatoms. The summed E-state index contributed by atoms with van der Waals surface area (Å²) >= 11 is 0. The highest BCUT2D eigenvalue weighted by atomic mass is 16.4. The summed E-state index contributed by atoms with van der Waals surface area (Å²) in [6.07, 6.45) is 5.78. The second-order valence-electron chi connectivity index (χ2n) is 5.73. The molecule has 116 valence electrons. The topological polar surface area (TPSA) is 96.2 Å². The minimum Gasteiger partial charge on any atom is -0.480 e. The Morgan fingerprint density at radius 2 is 2.14 bits per heavy atom. The number of carboxylic acid groups (broad SMARTS) is 1. The highest BCUT2D eigenvalue weighted by Gasteiger charge is 2.42. The van der Waals surface area contributed by atoms with Crippen molar-refractivity contribution in [3.63, 3.8) is 0 Å². The number of aromatic nitrogens is 2. The van der Waals surface area contributed by atoms with Gasteiger partial charge in [-0.25, -0.2) is 9.59 Å². The van der Waals surface area contributed by atoms with Crippen LogP contribution in [0, 0.1) is 5.92 Å². The summed E-state index contributed by atoms with van der Waals surface area (Å²) in [5.74, 6) is -0.459. The van der Waals surface area contributed by atoms with Crippen LogP contribution < -0.4 is 10.6 Å². The Kier molecular flexibility index (Phi) is 4.50. The zero-order chi connectivity index (χ0) is 15.5. The van der Waals surface area contributed by atoms with Crippen molar-refractivity contribution in [3.8, 4) is 0 Å². The standard InChI is InChI=1S/C14H22N4O3/c1-3-18-9-11(8-15-18)16-13(21)17-14(12(19)20)6-4-10(2)5-7-14/h8-10H,3-7H2,1-2H3,(H,19,20)(H2,16,17,21). The monoisotopic (exact) mass is 294 g/mol. The fourth-order valence-corrected chi connectivity index (χ4v) is 2.63. The maximum atomic E-state index is 12.0. The van der Waals surface area contributed by atoms with Crippen LogP contribution in [0.4, 0.5) is 10.5 Å². The highest BCUT2D eigenvalue weighted by molar-refractivity contribution is 5.93. The van der Waals surface area contributed by atoms with Gasteiger partial charge in [-0.05, 0) is 38.5 Å². The van der Waals surface area contributed by atoms with E-state index in [0.717, 1.165) is 12.8 Å². The Hall–Kier alpha value is -2.05. The molecule has 1 aliphatic carbocycles. The summed E-state index contributed by atoms with van der Waals surface area (Å²) in [5, 5.41) is 18.8. The van der Waals surface area contributed by atoms with Gasteiger partial charge in [0.05, 0.1) is 11.9 Å². The van der Waals surface area contributed by atoms with Crippen molar-refractivity contribution in [2.24, 2.45) is 5.92 Å². The first-order valence-corrected chi connectivity index (χ1v) is 7.30. The Morgan fingerprint density at radius 3 is 2.67 bits per heavy atom. The molecule has 0 bridgehead atoms. The molecule has 0 spiro atoms. The van der Waals surface area contributed by atoms with Crippen molar-refractivity contribution < 1.29 is 14.7 Å². The summed E-state index contributed by atoms with van der Waals surface area (Å²) in [6, 6.07) is -0.498. The molecular formula is C14H22N4O3. The number of urea groups is 1. The third-order valence-electron chi connectivity index (χ3n) is 4.11. The number of nitrogens with zero attached hydrogens (tertiary/aromatic N) is 2. The fraction of sp³-hybridized carbons (Fsp3) is 0.643. The van der Waals surface area contributed by atoms with Crippen LogP contribution in [0.3, 0.4) is 0 Å². The van der Waals surface area contributed by atoms with Gasteiger partial charge in [0.1, 0.15) is 5.54 Å². The average Bonchev–Trinajstić information content (AvgIpc) is 2.89. The maximum Gasteiger partial charge on any atom is 0.329 e. The minimum atomic E-state index is -1.16. The van der Waals surface area contributed by atoms with Crippen LogP contribution >= 0.6 is 0 Å². The SMILES string of the molecule is CCn1cc(NC(=O)NC2(C(=O)O)CCC(C)CC2)cn1. The van der Waals surface area contributed by atoms with Crippen LogP contribution in [0.15, 0.2) is 12.4 Å². The van der Waals surface area contributed by atoms with Crippen LogP contribution in [-0.2, 0) is 11.3 Å². The second kappa shape index (κ2) is 6.15. The molecule has 0 radical (unpaired) electrons.